The van der Waals surface area contributed by atoms with Crippen LogP contribution in [-0.4, -0.2) is 4.98 Å². The zero-order valence-corrected chi connectivity index (χ0v) is 11.6. The Balaban J connectivity index is 0. The number of rotatable bonds is 0. The standard InChI is InChI=1S/C6H7N.2Zn/c1-6-2-4-7-5-3-6;;/h2-5H,1H3;;/q;2*+2. The van der Waals surface area contributed by atoms with E-state index in [0.29, 0.717) is 0 Å². The van der Waals surface area contributed by atoms with E-state index in [4.69, 9.17) is 0 Å². The minimum Gasteiger partial charge on any atom is -0.265 e. The van der Waals surface area contributed by atoms with Gasteiger partial charge in [0.2, 0.25) is 0 Å². The zero-order chi connectivity index (χ0) is 5.11. The van der Waals surface area contributed by atoms with E-state index in [1.807, 2.05) is 19.1 Å². The van der Waals surface area contributed by atoms with Crippen LogP contribution in [0.4, 0.5) is 0 Å². The van der Waals surface area contributed by atoms with Crippen LogP contribution < -0.4 is 0 Å². The second kappa shape index (κ2) is 6.52. The molecule has 36 valence electrons. The van der Waals surface area contributed by atoms with Crippen LogP contribution in [-0.2, 0) is 39.0 Å². The summed E-state index contributed by atoms with van der Waals surface area (Å²) < 4.78 is 0. The summed E-state index contributed by atoms with van der Waals surface area (Å²) in [6.07, 6.45) is 3.57. The van der Waals surface area contributed by atoms with E-state index in [1.165, 1.54) is 5.56 Å². The maximum atomic E-state index is 3.85. The Labute approximate surface area is 80.8 Å². The molecule has 1 rings (SSSR count). The average Bonchev–Trinajstić information content (AvgIpc) is 1.69. The van der Waals surface area contributed by atoms with Crippen LogP contribution in [0, 0.1) is 6.92 Å². The topological polar surface area (TPSA) is 12.9 Å². The molecule has 0 unspecified atom stereocenters. The largest absolute Gasteiger partial charge is 2.00 e. The molecule has 0 aromatic carbocycles. The Morgan fingerprint density at radius 2 is 1.56 bits per heavy atom. The Morgan fingerprint density at radius 3 is 1.78 bits per heavy atom. The number of aryl methyl sites for hydroxylation is 1. The van der Waals surface area contributed by atoms with Gasteiger partial charge in [-0.1, -0.05) is 0 Å². The first-order chi connectivity index (χ1) is 3.39. The summed E-state index contributed by atoms with van der Waals surface area (Å²) >= 11 is 0. The van der Waals surface area contributed by atoms with Gasteiger partial charge in [0.15, 0.2) is 0 Å². The Bertz CT molecular complexity index is 141. The number of hydrogen-bond donors (Lipinski definition) is 0. The van der Waals surface area contributed by atoms with Gasteiger partial charge in [0.25, 0.3) is 0 Å². The molecular formula is C6H7NZn2+4. The van der Waals surface area contributed by atoms with E-state index in [9.17, 15) is 0 Å². The monoisotopic (exact) mass is 221 g/mol. The summed E-state index contributed by atoms with van der Waals surface area (Å²) in [5.74, 6) is 0. The van der Waals surface area contributed by atoms with Crippen molar-refractivity contribution in [2.24, 2.45) is 0 Å². The third kappa shape index (κ3) is 4.87. The molecule has 0 spiro atoms. The first-order valence-electron chi connectivity index (χ1n) is 2.26. The van der Waals surface area contributed by atoms with Crippen molar-refractivity contribution in [3.8, 4) is 0 Å². The van der Waals surface area contributed by atoms with Crippen LogP contribution in [0.2, 0.25) is 0 Å². The molecule has 0 saturated heterocycles. The van der Waals surface area contributed by atoms with E-state index in [1.54, 1.807) is 12.4 Å². The van der Waals surface area contributed by atoms with E-state index in [-0.39, 0.29) is 39.0 Å². The van der Waals surface area contributed by atoms with Crippen LogP contribution in [0.3, 0.4) is 0 Å². The van der Waals surface area contributed by atoms with Gasteiger partial charge in [0.05, 0.1) is 0 Å². The first kappa shape index (κ1) is 12.1. The molecule has 1 nitrogen and oxygen atoms in total. The Hall–Kier alpha value is 0.397. The molecule has 9 heavy (non-hydrogen) atoms. The molecule has 0 amide bonds. The van der Waals surface area contributed by atoms with Gasteiger partial charge in [-0.15, -0.1) is 0 Å². The predicted molar refractivity (Wildman–Crippen MR) is 29.0 cm³/mol. The van der Waals surface area contributed by atoms with Gasteiger partial charge in [-0.3, -0.25) is 4.98 Å². The summed E-state index contributed by atoms with van der Waals surface area (Å²) in [6.45, 7) is 2.04. The molecule has 0 saturated carbocycles. The minimum atomic E-state index is 0. The van der Waals surface area contributed by atoms with Crippen molar-refractivity contribution < 1.29 is 39.0 Å². The molecule has 0 bridgehead atoms. The number of aromatic nitrogens is 1. The molecule has 1 heterocycles. The van der Waals surface area contributed by atoms with Crippen molar-refractivity contribution >= 4 is 0 Å². The first-order valence-corrected chi connectivity index (χ1v) is 2.26. The van der Waals surface area contributed by atoms with E-state index >= 15 is 0 Å². The van der Waals surface area contributed by atoms with Crippen LogP contribution in [0.25, 0.3) is 0 Å². The van der Waals surface area contributed by atoms with Gasteiger partial charge >= 0.3 is 39.0 Å². The van der Waals surface area contributed by atoms with Crippen LogP contribution in [0.5, 0.6) is 0 Å². The molecule has 0 aliphatic carbocycles. The normalized spacial score (nSPS) is 6.78. The van der Waals surface area contributed by atoms with E-state index < -0.39 is 0 Å². The molecule has 3 heteroatoms. The summed E-state index contributed by atoms with van der Waals surface area (Å²) in [6, 6.07) is 3.94. The molecule has 1 aromatic heterocycles. The number of pyridine rings is 1. The predicted octanol–water partition coefficient (Wildman–Crippen LogP) is 1.39. The zero-order valence-electron chi connectivity index (χ0n) is 5.67. The third-order valence-corrected chi connectivity index (χ3v) is 0.847. The fraction of sp³-hybridized carbons (Fsp3) is 0.167. The fourth-order valence-corrected chi connectivity index (χ4v) is 0.426. The number of hydrogen-bond acceptors (Lipinski definition) is 1. The van der Waals surface area contributed by atoms with Crippen molar-refractivity contribution in [2.45, 2.75) is 6.92 Å². The van der Waals surface area contributed by atoms with Gasteiger partial charge in [0.1, 0.15) is 0 Å². The summed E-state index contributed by atoms with van der Waals surface area (Å²) in [5, 5.41) is 0. The summed E-state index contributed by atoms with van der Waals surface area (Å²) in [5.41, 5.74) is 1.26. The molecule has 0 aliphatic heterocycles. The van der Waals surface area contributed by atoms with Crippen molar-refractivity contribution in [1.29, 1.82) is 0 Å². The molecule has 0 aliphatic rings. The fourth-order valence-electron chi connectivity index (χ4n) is 0.426. The quantitative estimate of drug-likeness (QED) is 0.606. The maximum absolute atomic E-state index is 3.85. The van der Waals surface area contributed by atoms with Crippen LogP contribution >= 0.6 is 0 Å². The van der Waals surface area contributed by atoms with Gasteiger partial charge in [0, 0.05) is 12.4 Å². The smallest absolute Gasteiger partial charge is 0.265 e. The van der Waals surface area contributed by atoms with Gasteiger partial charge < -0.3 is 0 Å². The second-order valence-electron chi connectivity index (χ2n) is 1.52. The average molecular weight is 224 g/mol. The van der Waals surface area contributed by atoms with Crippen molar-refractivity contribution in [3.05, 3.63) is 30.1 Å². The molecule has 0 atom stereocenters. The summed E-state index contributed by atoms with van der Waals surface area (Å²) in [4.78, 5) is 3.85. The second-order valence-corrected chi connectivity index (χ2v) is 1.52. The van der Waals surface area contributed by atoms with Gasteiger partial charge in [-0.2, -0.15) is 0 Å². The molecule has 0 N–H and O–H groups in total. The van der Waals surface area contributed by atoms with Gasteiger partial charge in [-0.25, -0.2) is 0 Å². The van der Waals surface area contributed by atoms with Crippen molar-refractivity contribution in [1.82, 2.24) is 4.98 Å². The van der Waals surface area contributed by atoms with Gasteiger partial charge in [-0.05, 0) is 24.6 Å². The Morgan fingerprint density at radius 1 is 1.11 bits per heavy atom. The molecular weight excluding hydrogens is 217 g/mol. The van der Waals surface area contributed by atoms with Crippen LogP contribution in [0.15, 0.2) is 24.5 Å². The molecule has 1 aromatic rings. The number of nitrogens with zero attached hydrogens (tertiary/aromatic N) is 1. The van der Waals surface area contributed by atoms with Crippen molar-refractivity contribution in [3.63, 3.8) is 0 Å². The minimum absolute atomic E-state index is 0. The van der Waals surface area contributed by atoms with E-state index in [0.717, 1.165) is 0 Å². The van der Waals surface area contributed by atoms with Crippen molar-refractivity contribution in [2.75, 3.05) is 0 Å². The van der Waals surface area contributed by atoms with Crippen LogP contribution in [0.1, 0.15) is 5.56 Å². The SMILES string of the molecule is Cc1ccncc1.[Zn+2].[Zn+2]. The Kier molecular flexibility index (Phi) is 8.77. The molecule has 0 fully saturated rings. The third-order valence-electron chi connectivity index (χ3n) is 0.847. The van der Waals surface area contributed by atoms with E-state index in [2.05, 4.69) is 4.98 Å². The maximum Gasteiger partial charge on any atom is 2.00 e. The molecule has 0 radical (unpaired) electrons. The summed E-state index contributed by atoms with van der Waals surface area (Å²) in [7, 11) is 0.